The maximum Gasteiger partial charge on any atom is 0.0546 e. The summed E-state index contributed by atoms with van der Waals surface area (Å²) in [5, 5.41) is 2.55. The predicted octanol–water partition coefficient (Wildman–Crippen LogP) is 13.6. The number of rotatable bonds is 6. The highest BCUT2D eigenvalue weighted by molar-refractivity contribution is 6.04. The van der Waals surface area contributed by atoms with E-state index >= 15 is 0 Å². The Hall–Kier alpha value is -6.18. The molecule has 0 radical (unpaired) electrons. The van der Waals surface area contributed by atoms with Crippen molar-refractivity contribution in [2.45, 2.75) is 19.3 Å². The highest BCUT2D eigenvalue weighted by atomic mass is 15.1. The number of nitrogens with zero attached hydrogens (tertiary/aromatic N) is 1. The van der Waals surface area contributed by atoms with E-state index in [0.29, 0.717) is 0 Å². The minimum atomic E-state index is -0.110. The number of anilines is 3. The monoisotopic (exact) mass is 639 g/mol. The Balaban J connectivity index is 1.28. The molecular formula is C49H37N. The molecule has 238 valence electrons. The van der Waals surface area contributed by atoms with E-state index in [9.17, 15) is 0 Å². The van der Waals surface area contributed by atoms with Crippen molar-refractivity contribution in [1.82, 2.24) is 0 Å². The zero-order chi connectivity index (χ0) is 33.7. The van der Waals surface area contributed by atoms with Crippen molar-refractivity contribution in [2.24, 2.45) is 0 Å². The lowest BCUT2D eigenvalue weighted by Crippen LogP contribution is -2.16. The molecule has 0 unspecified atom stereocenters. The highest BCUT2D eigenvalue weighted by Crippen LogP contribution is 2.53. The molecule has 1 nitrogen and oxygen atoms in total. The molecule has 50 heavy (non-hydrogen) atoms. The van der Waals surface area contributed by atoms with Crippen LogP contribution in [0.1, 0.15) is 25.0 Å². The van der Waals surface area contributed by atoms with E-state index in [1.54, 1.807) is 0 Å². The van der Waals surface area contributed by atoms with E-state index in [1.165, 1.54) is 66.4 Å². The van der Waals surface area contributed by atoms with Gasteiger partial charge in [-0.1, -0.05) is 166 Å². The number of hydrogen-bond acceptors (Lipinski definition) is 1. The molecule has 0 N–H and O–H groups in total. The smallest absolute Gasteiger partial charge is 0.0546 e. The Kier molecular flexibility index (Phi) is 7.21. The van der Waals surface area contributed by atoms with Gasteiger partial charge in [-0.25, -0.2) is 0 Å². The van der Waals surface area contributed by atoms with E-state index < -0.39 is 0 Å². The molecule has 0 saturated carbocycles. The van der Waals surface area contributed by atoms with Gasteiger partial charge in [-0.05, 0) is 97.2 Å². The van der Waals surface area contributed by atoms with Crippen molar-refractivity contribution in [2.75, 3.05) is 4.90 Å². The van der Waals surface area contributed by atoms with Crippen molar-refractivity contribution >= 4 is 27.8 Å². The summed E-state index contributed by atoms with van der Waals surface area (Å²) >= 11 is 0. The van der Waals surface area contributed by atoms with Crippen molar-refractivity contribution in [3.8, 4) is 44.5 Å². The average molecular weight is 640 g/mol. The van der Waals surface area contributed by atoms with Gasteiger partial charge in [-0.3, -0.25) is 0 Å². The first kappa shape index (κ1) is 29.9. The molecule has 1 aliphatic rings. The van der Waals surface area contributed by atoms with Crippen LogP contribution in [0.5, 0.6) is 0 Å². The maximum atomic E-state index is 2.45. The maximum absolute atomic E-state index is 2.45. The second-order valence-electron chi connectivity index (χ2n) is 13.8. The first-order valence-electron chi connectivity index (χ1n) is 17.4. The van der Waals surface area contributed by atoms with Crippen molar-refractivity contribution in [1.29, 1.82) is 0 Å². The topological polar surface area (TPSA) is 3.24 Å². The number of fused-ring (bicyclic) bond motifs is 5. The van der Waals surface area contributed by atoms with E-state index in [2.05, 4.69) is 207 Å². The molecule has 0 bridgehead atoms. The predicted molar refractivity (Wildman–Crippen MR) is 213 cm³/mol. The minimum Gasteiger partial charge on any atom is -0.310 e. The summed E-state index contributed by atoms with van der Waals surface area (Å²) < 4.78 is 0. The molecule has 0 heterocycles. The summed E-state index contributed by atoms with van der Waals surface area (Å²) in [4.78, 5) is 2.43. The SMILES string of the molecule is CC1(C)c2ccccc2-c2ccc3cc(N(c4ccc(-c5ccccc5)cc4)c4ccc(-c5ccccc5)cc4)c(-c4ccccc4)cc3c21. The van der Waals surface area contributed by atoms with Crippen LogP contribution in [0.25, 0.3) is 55.3 Å². The van der Waals surface area contributed by atoms with Gasteiger partial charge in [0.25, 0.3) is 0 Å². The van der Waals surface area contributed by atoms with Crippen LogP contribution in [0.2, 0.25) is 0 Å². The molecule has 0 saturated heterocycles. The second-order valence-corrected chi connectivity index (χ2v) is 13.8. The molecule has 8 aromatic rings. The third-order valence-corrected chi connectivity index (χ3v) is 10.4. The fourth-order valence-corrected chi connectivity index (χ4v) is 7.98. The van der Waals surface area contributed by atoms with Crippen LogP contribution in [0.4, 0.5) is 17.1 Å². The van der Waals surface area contributed by atoms with Crippen LogP contribution in [0, 0.1) is 0 Å². The molecule has 8 aromatic carbocycles. The van der Waals surface area contributed by atoms with Gasteiger partial charge in [0.1, 0.15) is 0 Å². The largest absolute Gasteiger partial charge is 0.310 e. The van der Waals surface area contributed by atoms with Crippen LogP contribution in [-0.4, -0.2) is 0 Å². The van der Waals surface area contributed by atoms with Crippen LogP contribution in [-0.2, 0) is 5.41 Å². The first-order chi connectivity index (χ1) is 24.6. The summed E-state index contributed by atoms with van der Waals surface area (Å²) in [6.07, 6.45) is 0. The van der Waals surface area contributed by atoms with E-state index in [4.69, 9.17) is 0 Å². The van der Waals surface area contributed by atoms with Gasteiger partial charge >= 0.3 is 0 Å². The van der Waals surface area contributed by atoms with Crippen molar-refractivity contribution in [3.63, 3.8) is 0 Å². The molecule has 1 heteroatoms. The van der Waals surface area contributed by atoms with Crippen LogP contribution in [0.3, 0.4) is 0 Å². The van der Waals surface area contributed by atoms with Crippen molar-refractivity contribution < 1.29 is 0 Å². The summed E-state index contributed by atoms with van der Waals surface area (Å²) in [6, 6.07) is 68.5. The summed E-state index contributed by atoms with van der Waals surface area (Å²) in [5.41, 5.74) is 16.0. The van der Waals surface area contributed by atoms with Gasteiger partial charge in [0.05, 0.1) is 5.69 Å². The molecule has 0 aliphatic heterocycles. The number of hydrogen-bond donors (Lipinski definition) is 0. The molecule has 0 aromatic heterocycles. The van der Waals surface area contributed by atoms with E-state index in [0.717, 1.165) is 17.1 Å². The van der Waals surface area contributed by atoms with Gasteiger partial charge in [-0.2, -0.15) is 0 Å². The zero-order valence-electron chi connectivity index (χ0n) is 28.3. The van der Waals surface area contributed by atoms with Crippen molar-refractivity contribution in [3.05, 3.63) is 199 Å². The van der Waals surface area contributed by atoms with Gasteiger partial charge in [0.15, 0.2) is 0 Å². The first-order valence-corrected chi connectivity index (χ1v) is 17.4. The lowest BCUT2D eigenvalue weighted by Gasteiger charge is -2.30. The van der Waals surface area contributed by atoms with Crippen LogP contribution in [0.15, 0.2) is 188 Å². The van der Waals surface area contributed by atoms with E-state index in [1.807, 2.05) is 0 Å². The van der Waals surface area contributed by atoms with Gasteiger partial charge in [0.2, 0.25) is 0 Å². The quantitative estimate of drug-likeness (QED) is 0.175. The Bertz CT molecular complexity index is 2380. The Morgan fingerprint density at radius 3 is 1.42 bits per heavy atom. The minimum absolute atomic E-state index is 0.110. The summed E-state index contributed by atoms with van der Waals surface area (Å²) in [7, 11) is 0. The molecule has 9 rings (SSSR count). The normalized spacial score (nSPS) is 12.8. The lowest BCUT2D eigenvalue weighted by molar-refractivity contribution is 0.666. The van der Waals surface area contributed by atoms with E-state index in [-0.39, 0.29) is 5.41 Å². The fraction of sp³-hybridized carbons (Fsp3) is 0.0612. The second kappa shape index (κ2) is 12.1. The molecule has 0 spiro atoms. The molecule has 0 amide bonds. The average Bonchev–Trinajstić information content (AvgIpc) is 3.42. The summed E-state index contributed by atoms with van der Waals surface area (Å²) in [5.74, 6) is 0. The van der Waals surface area contributed by atoms with Gasteiger partial charge in [-0.15, -0.1) is 0 Å². The Labute approximate surface area is 294 Å². The van der Waals surface area contributed by atoms with Gasteiger partial charge in [0, 0.05) is 22.4 Å². The molecule has 1 aliphatic carbocycles. The fourth-order valence-electron chi connectivity index (χ4n) is 7.98. The molecule has 0 fully saturated rings. The van der Waals surface area contributed by atoms with Gasteiger partial charge < -0.3 is 4.90 Å². The lowest BCUT2D eigenvalue weighted by atomic mass is 9.79. The van der Waals surface area contributed by atoms with Crippen LogP contribution < -0.4 is 4.90 Å². The third kappa shape index (κ3) is 5.02. The third-order valence-electron chi connectivity index (χ3n) is 10.4. The zero-order valence-corrected chi connectivity index (χ0v) is 28.3. The molecular weight excluding hydrogens is 603 g/mol. The summed E-state index contributed by atoms with van der Waals surface area (Å²) in [6.45, 7) is 4.75. The Morgan fingerprint density at radius 2 is 0.860 bits per heavy atom. The highest BCUT2D eigenvalue weighted by Gasteiger charge is 2.37. The number of benzene rings is 8. The van der Waals surface area contributed by atoms with Crippen LogP contribution >= 0.6 is 0 Å². The standard InChI is InChI=1S/C49H37N/c1-49(2)46-21-13-12-20-42(46)43-31-26-39-32-47(44(33-45(39)48(43)49)38-18-10-5-11-19-38)50(40-27-22-36(23-28-40)34-14-6-3-7-15-34)41-29-24-37(25-30-41)35-16-8-4-9-17-35/h3-33H,1-2H3. The Morgan fingerprint density at radius 1 is 0.380 bits per heavy atom. The molecule has 0 atom stereocenters.